The lowest BCUT2D eigenvalue weighted by molar-refractivity contribution is -0.125. The van der Waals surface area contributed by atoms with Crippen molar-refractivity contribution in [3.63, 3.8) is 0 Å². The first-order valence-electron chi connectivity index (χ1n) is 9.36. The maximum absolute atomic E-state index is 12.4. The van der Waals surface area contributed by atoms with Gasteiger partial charge in [-0.2, -0.15) is 0 Å². The summed E-state index contributed by atoms with van der Waals surface area (Å²) in [7, 11) is 0. The van der Waals surface area contributed by atoms with Crippen molar-refractivity contribution in [3.8, 4) is 0 Å². The van der Waals surface area contributed by atoms with Crippen molar-refractivity contribution in [2.75, 3.05) is 32.7 Å². The smallest absolute Gasteiger partial charge is 0.303 e. The van der Waals surface area contributed by atoms with Crippen LogP contribution < -0.4 is 5.43 Å². The molecule has 1 aromatic carbocycles. The Labute approximate surface area is 149 Å². The van der Waals surface area contributed by atoms with Gasteiger partial charge in [0, 0.05) is 13.1 Å². The average Bonchev–Trinajstić information content (AvgIpc) is 2.92. The van der Waals surface area contributed by atoms with E-state index in [9.17, 15) is 9.59 Å². The van der Waals surface area contributed by atoms with Gasteiger partial charge in [-0.15, -0.1) is 0 Å². The van der Waals surface area contributed by atoms with Gasteiger partial charge >= 0.3 is 6.03 Å². The van der Waals surface area contributed by atoms with Crippen molar-refractivity contribution in [1.82, 2.24) is 20.2 Å². The summed E-state index contributed by atoms with van der Waals surface area (Å²) < 4.78 is 0. The molecule has 2 aliphatic rings. The van der Waals surface area contributed by atoms with Gasteiger partial charge in [0.2, 0.25) is 0 Å². The number of nitrogens with zero attached hydrogens (tertiary/aromatic N) is 3. The first-order valence-corrected chi connectivity index (χ1v) is 9.36. The molecular formula is C19H28N4O2. The summed E-state index contributed by atoms with van der Waals surface area (Å²) in [5.74, 6) is -0.108. The fraction of sp³-hybridized carbons (Fsp3) is 0.579. The van der Waals surface area contributed by atoms with Crippen molar-refractivity contribution in [2.24, 2.45) is 0 Å². The largest absolute Gasteiger partial charge is 0.341 e. The first-order chi connectivity index (χ1) is 12.2. The molecule has 0 unspecified atom stereocenters. The monoisotopic (exact) mass is 344 g/mol. The zero-order valence-corrected chi connectivity index (χ0v) is 14.8. The van der Waals surface area contributed by atoms with Crippen LogP contribution in [0.25, 0.3) is 0 Å². The molecule has 6 heteroatoms. The van der Waals surface area contributed by atoms with Crippen molar-refractivity contribution in [2.45, 2.75) is 38.6 Å². The molecular weight excluding hydrogens is 316 g/mol. The van der Waals surface area contributed by atoms with Crippen LogP contribution in [0.1, 0.15) is 37.7 Å². The molecule has 1 aromatic rings. The number of urea groups is 1. The van der Waals surface area contributed by atoms with Gasteiger partial charge in [-0.05, 0) is 50.9 Å². The maximum atomic E-state index is 12.4. The minimum Gasteiger partial charge on any atom is -0.303 e. The summed E-state index contributed by atoms with van der Waals surface area (Å²) in [6.45, 7) is 4.65. The minimum absolute atomic E-state index is 0.108. The van der Waals surface area contributed by atoms with Crippen LogP contribution in [0.4, 0.5) is 4.79 Å². The van der Waals surface area contributed by atoms with Gasteiger partial charge in [-0.1, -0.05) is 36.8 Å². The lowest BCUT2D eigenvalue weighted by Crippen LogP contribution is -2.41. The predicted molar refractivity (Wildman–Crippen MR) is 96.6 cm³/mol. The molecule has 0 aromatic heterocycles. The van der Waals surface area contributed by atoms with Gasteiger partial charge in [0.25, 0.3) is 5.91 Å². The fourth-order valence-corrected chi connectivity index (χ4v) is 3.46. The fourth-order valence-electron chi connectivity index (χ4n) is 3.46. The van der Waals surface area contributed by atoms with Crippen LogP contribution in [0.3, 0.4) is 0 Å². The second-order valence-electron chi connectivity index (χ2n) is 6.84. The van der Waals surface area contributed by atoms with E-state index in [0.717, 1.165) is 24.9 Å². The van der Waals surface area contributed by atoms with E-state index in [2.05, 4.69) is 10.3 Å². The topological polar surface area (TPSA) is 55.9 Å². The molecule has 2 heterocycles. The van der Waals surface area contributed by atoms with Crippen LogP contribution in [0.15, 0.2) is 30.3 Å². The van der Waals surface area contributed by atoms with Crippen molar-refractivity contribution < 1.29 is 9.59 Å². The molecule has 0 saturated carbocycles. The van der Waals surface area contributed by atoms with Crippen molar-refractivity contribution in [1.29, 1.82) is 0 Å². The molecule has 2 fully saturated rings. The zero-order chi connectivity index (χ0) is 17.5. The number of unbranched alkanes of at least 4 members (excludes halogenated alkanes) is 1. The Morgan fingerprint density at radius 2 is 1.64 bits per heavy atom. The summed E-state index contributed by atoms with van der Waals surface area (Å²) >= 11 is 0. The van der Waals surface area contributed by atoms with Gasteiger partial charge < -0.3 is 4.90 Å². The van der Waals surface area contributed by atoms with Crippen LogP contribution in [0.2, 0.25) is 0 Å². The average molecular weight is 344 g/mol. The lowest BCUT2D eigenvalue weighted by atomic mass is 10.1. The molecule has 0 radical (unpaired) electrons. The molecule has 3 amide bonds. The number of amides is 3. The van der Waals surface area contributed by atoms with Crippen molar-refractivity contribution in [3.05, 3.63) is 35.9 Å². The molecule has 2 saturated heterocycles. The molecule has 3 rings (SSSR count). The van der Waals surface area contributed by atoms with E-state index in [4.69, 9.17) is 0 Å². The van der Waals surface area contributed by atoms with E-state index in [1.165, 1.54) is 42.3 Å². The summed E-state index contributed by atoms with van der Waals surface area (Å²) in [4.78, 5) is 28.4. The van der Waals surface area contributed by atoms with E-state index in [-0.39, 0.29) is 18.5 Å². The molecule has 0 bridgehead atoms. The minimum atomic E-state index is -0.223. The summed E-state index contributed by atoms with van der Waals surface area (Å²) in [6.07, 6.45) is 5.85. The number of hydrazine groups is 1. The number of hydrogen-bond acceptors (Lipinski definition) is 4. The molecule has 6 nitrogen and oxygen atoms in total. The van der Waals surface area contributed by atoms with E-state index < -0.39 is 0 Å². The molecule has 25 heavy (non-hydrogen) atoms. The highest BCUT2D eigenvalue weighted by molar-refractivity contribution is 6.01. The van der Waals surface area contributed by atoms with E-state index >= 15 is 0 Å². The normalized spacial score (nSPS) is 19.0. The molecule has 0 spiro atoms. The third-order valence-electron chi connectivity index (χ3n) is 4.93. The zero-order valence-electron chi connectivity index (χ0n) is 14.8. The SMILES string of the molecule is O=C1CN(NCc2ccccc2)C(=O)N1CCCCN1CCCCC1. The van der Waals surface area contributed by atoms with Crippen LogP contribution in [-0.4, -0.2) is 59.5 Å². The summed E-state index contributed by atoms with van der Waals surface area (Å²) in [5, 5.41) is 1.43. The number of carbonyl (C=O) groups excluding carboxylic acids is 2. The van der Waals surface area contributed by atoms with Gasteiger partial charge in [0.1, 0.15) is 6.54 Å². The van der Waals surface area contributed by atoms with Gasteiger partial charge in [0.15, 0.2) is 0 Å². The van der Waals surface area contributed by atoms with E-state index in [0.29, 0.717) is 13.1 Å². The number of imide groups is 1. The van der Waals surface area contributed by atoms with E-state index in [1.54, 1.807) is 0 Å². The van der Waals surface area contributed by atoms with Crippen LogP contribution in [-0.2, 0) is 11.3 Å². The Kier molecular flexibility index (Phi) is 6.42. The molecule has 1 N–H and O–H groups in total. The van der Waals surface area contributed by atoms with Crippen molar-refractivity contribution >= 4 is 11.9 Å². The Bertz CT molecular complexity index is 572. The molecule has 2 aliphatic heterocycles. The Morgan fingerprint density at radius 3 is 2.40 bits per heavy atom. The highest BCUT2D eigenvalue weighted by Gasteiger charge is 2.35. The van der Waals surface area contributed by atoms with Gasteiger partial charge in [-0.3, -0.25) is 9.69 Å². The number of rotatable bonds is 8. The highest BCUT2D eigenvalue weighted by Crippen LogP contribution is 2.12. The molecule has 0 atom stereocenters. The number of benzene rings is 1. The number of carbonyl (C=O) groups is 2. The number of likely N-dealkylation sites (tertiary alicyclic amines) is 1. The van der Waals surface area contributed by atoms with Gasteiger partial charge in [0.05, 0.1) is 0 Å². The summed E-state index contributed by atoms with van der Waals surface area (Å²) in [6, 6.07) is 9.64. The maximum Gasteiger partial charge on any atom is 0.341 e. The quantitative estimate of drug-likeness (QED) is 0.580. The standard InChI is InChI=1S/C19H28N4O2/c24-18-16-23(20-15-17-9-3-1-4-10-17)19(25)22(18)14-8-7-13-21-11-5-2-6-12-21/h1,3-4,9-10,20H,2,5-8,11-16H2. The predicted octanol–water partition coefficient (Wildman–Crippen LogP) is 2.22. The number of piperidine rings is 1. The van der Waals surface area contributed by atoms with Crippen LogP contribution in [0.5, 0.6) is 0 Å². The van der Waals surface area contributed by atoms with E-state index in [1.807, 2.05) is 30.3 Å². The van der Waals surface area contributed by atoms with Crippen LogP contribution in [0, 0.1) is 0 Å². The number of nitrogens with one attached hydrogen (secondary N) is 1. The van der Waals surface area contributed by atoms with Crippen LogP contribution >= 0.6 is 0 Å². The molecule has 0 aliphatic carbocycles. The second kappa shape index (κ2) is 8.97. The number of hydrogen-bond donors (Lipinski definition) is 1. The summed E-state index contributed by atoms with van der Waals surface area (Å²) in [5.41, 5.74) is 4.15. The Balaban J connectivity index is 1.38. The third kappa shape index (κ3) is 5.03. The Hall–Kier alpha value is -1.92. The van der Waals surface area contributed by atoms with Gasteiger partial charge in [-0.25, -0.2) is 15.2 Å². The first kappa shape index (κ1) is 17.9. The molecule has 136 valence electrons. The third-order valence-corrected chi connectivity index (χ3v) is 4.93. The highest BCUT2D eigenvalue weighted by atomic mass is 16.2. The Morgan fingerprint density at radius 1 is 0.920 bits per heavy atom. The second-order valence-corrected chi connectivity index (χ2v) is 6.84. The lowest BCUT2D eigenvalue weighted by Gasteiger charge is -2.26.